The van der Waals surface area contributed by atoms with E-state index >= 15 is 0 Å². The van der Waals surface area contributed by atoms with Gasteiger partial charge >= 0.3 is 0 Å². The highest BCUT2D eigenvalue weighted by molar-refractivity contribution is 9.10. The van der Waals surface area contributed by atoms with Crippen LogP contribution < -0.4 is 4.74 Å². The minimum Gasteiger partial charge on any atom is -0.493 e. The van der Waals surface area contributed by atoms with Crippen LogP contribution in [0.15, 0.2) is 39.5 Å². The zero-order valence-electron chi connectivity index (χ0n) is 8.24. The molecule has 78 valence electrons. The normalized spacial score (nSPS) is 10.3. The van der Waals surface area contributed by atoms with E-state index in [2.05, 4.69) is 20.9 Å². The lowest BCUT2D eigenvalue weighted by Crippen LogP contribution is -1.94. The lowest BCUT2D eigenvalue weighted by Gasteiger charge is -2.07. The summed E-state index contributed by atoms with van der Waals surface area (Å²) < 4.78 is 11.7. The summed E-state index contributed by atoms with van der Waals surface area (Å²) in [6.07, 6.45) is 3.17. The van der Waals surface area contributed by atoms with Crippen molar-refractivity contribution < 1.29 is 9.15 Å². The van der Waals surface area contributed by atoms with Crippen LogP contribution in [0.5, 0.6) is 5.75 Å². The summed E-state index contributed by atoms with van der Waals surface area (Å²) in [5.74, 6) is 1.35. The van der Waals surface area contributed by atoms with Gasteiger partial charge in [0.2, 0.25) is 5.89 Å². The van der Waals surface area contributed by atoms with Crippen molar-refractivity contribution in [2.24, 2.45) is 0 Å². The minimum absolute atomic E-state index is 0.575. The van der Waals surface area contributed by atoms with Crippen LogP contribution in [0.2, 0.25) is 0 Å². The molecule has 1 heterocycles. The number of hydrogen-bond acceptors (Lipinski definition) is 3. The first-order chi connectivity index (χ1) is 7.31. The second-order valence-electron chi connectivity index (χ2n) is 2.91. The Bertz CT molecular complexity index is 440. The molecule has 0 aliphatic carbocycles. The Kier molecular flexibility index (Phi) is 3.06. The van der Waals surface area contributed by atoms with Gasteiger partial charge in [-0.1, -0.05) is 15.9 Å². The molecule has 0 radical (unpaired) electrons. The zero-order valence-corrected chi connectivity index (χ0v) is 9.82. The van der Waals surface area contributed by atoms with Crippen LogP contribution in [0.1, 0.15) is 6.92 Å². The third-order valence-electron chi connectivity index (χ3n) is 1.91. The molecule has 2 aromatic rings. The highest BCUT2D eigenvalue weighted by atomic mass is 79.9. The lowest BCUT2D eigenvalue weighted by molar-refractivity contribution is 0.340. The fourth-order valence-electron chi connectivity index (χ4n) is 1.30. The molecular formula is C11H10BrNO2. The molecule has 0 bridgehead atoms. The molecule has 0 unspecified atom stereocenters. The van der Waals surface area contributed by atoms with Crippen molar-refractivity contribution in [2.45, 2.75) is 6.92 Å². The second-order valence-corrected chi connectivity index (χ2v) is 3.83. The van der Waals surface area contributed by atoms with E-state index in [1.807, 2.05) is 25.1 Å². The Morgan fingerprint density at radius 1 is 1.47 bits per heavy atom. The predicted molar refractivity (Wildman–Crippen MR) is 60.8 cm³/mol. The van der Waals surface area contributed by atoms with Crippen LogP contribution in [-0.4, -0.2) is 11.6 Å². The van der Waals surface area contributed by atoms with Gasteiger partial charge < -0.3 is 9.15 Å². The smallest absolute Gasteiger partial charge is 0.229 e. The molecule has 1 aromatic heterocycles. The van der Waals surface area contributed by atoms with Crippen molar-refractivity contribution in [3.05, 3.63) is 35.1 Å². The number of halogens is 1. The maximum absolute atomic E-state index is 5.51. The Hall–Kier alpha value is -1.29. The number of oxazole rings is 1. The van der Waals surface area contributed by atoms with Crippen LogP contribution in [-0.2, 0) is 0 Å². The van der Waals surface area contributed by atoms with Crippen molar-refractivity contribution in [3.8, 4) is 17.2 Å². The van der Waals surface area contributed by atoms with E-state index in [0.29, 0.717) is 12.5 Å². The van der Waals surface area contributed by atoms with Gasteiger partial charge in [0.05, 0.1) is 18.4 Å². The van der Waals surface area contributed by atoms with E-state index in [0.717, 1.165) is 15.8 Å². The molecule has 0 fully saturated rings. The summed E-state index contributed by atoms with van der Waals surface area (Å²) in [6, 6.07) is 5.76. The highest BCUT2D eigenvalue weighted by Crippen LogP contribution is 2.31. The Morgan fingerprint density at radius 3 is 3.00 bits per heavy atom. The molecule has 0 spiro atoms. The van der Waals surface area contributed by atoms with Crippen LogP contribution in [0.4, 0.5) is 0 Å². The van der Waals surface area contributed by atoms with Crippen LogP contribution >= 0.6 is 15.9 Å². The van der Waals surface area contributed by atoms with Gasteiger partial charge in [0.15, 0.2) is 0 Å². The Morgan fingerprint density at radius 2 is 2.33 bits per heavy atom. The van der Waals surface area contributed by atoms with Crippen molar-refractivity contribution in [1.29, 1.82) is 0 Å². The van der Waals surface area contributed by atoms with E-state index in [1.54, 1.807) is 12.5 Å². The maximum atomic E-state index is 5.51. The number of nitrogens with zero attached hydrogens (tertiary/aromatic N) is 1. The number of benzene rings is 1. The highest BCUT2D eigenvalue weighted by Gasteiger charge is 2.10. The van der Waals surface area contributed by atoms with E-state index in [-0.39, 0.29) is 0 Å². The number of hydrogen-bond donors (Lipinski definition) is 0. The van der Waals surface area contributed by atoms with Crippen molar-refractivity contribution in [2.75, 3.05) is 6.61 Å². The molecule has 0 amide bonds. The van der Waals surface area contributed by atoms with Crippen molar-refractivity contribution in [3.63, 3.8) is 0 Å². The van der Waals surface area contributed by atoms with Gasteiger partial charge in [0.25, 0.3) is 0 Å². The summed E-state index contributed by atoms with van der Waals surface area (Å²) >= 11 is 3.40. The van der Waals surface area contributed by atoms with Crippen molar-refractivity contribution >= 4 is 15.9 Å². The fraction of sp³-hybridized carbons (Fsp3) is 0.182. The molecule has 0 saturated carbocycles. The average Bonchev–Trinajstić information content (AvgIpc) is 2.71. The number of ether oxygens (including phenoxy) is 1. The molecule has 3 nitrogen and oxygen atoms in total. The Labute approximate surface area is 96.2 Å². The van der Waals surface area contributed by atoms with Gasteiger partial charge in [0.1, 0.15) is 12.0 Å². The van der Waals surface area contributed by atoms with Gasteiger partial charge in [-0.3, -0.25) is 0 Å². The third kappa shape index (κ3) is 2.21. The second kappa shape index (κ2) is 4.49. The average molecular weight is 268 g/mol. The summed E-state index contributed by atoms with van der Waals surface area (Å²) in [5, 5.41) is 0. The van der Waals surface area contributed by atoms with Crippen molar-refractivity contribution in [1.82, 2.24) is 4.98 Å². The molecule has 2 rings (SSSR count). The molecule has 1 aromatic carbocycles. The van der Waals surface area contributed by atoms with E-state index < -0.39 is 0 Å². The fourth-order valence-corrected chi connectivity index (χ4v) is 1.64. The largest absolute Gasteiger partial charge is 0.493 e. The summed E-state index contributed by atoms with van der Waals surface area (Å²) in [4.78, 5) is 4.10. The first-order valence-corrected chi connectivity index (χ1v) is 5.42. The van der Waals surface area contributed by atoms with Gasteiger partial charge in [0, 0.05) is 4.47 Å². The minimum atomic E-state index is 0.575. The summed E-state index contributed by atoms with van der Waals surface area (Å²) in [5.41, 5.74) is 0.866. The zero-order chi connectivity index (χ0) is 10.7. The maximum Gasteiger partial charge on any atom is 0.229 e. The molecule has 0 atom stereocenters. The summed E-state index contributed by atoms with van der Waals surface area (Å²) in [7, 11) is 0. The molecule has 0 N–H and O–H groups in total. The van der Waals surface area contributed by atoms with Crippen LogP contribution in [0.3, 0.4) is 0 Å². The van der Waals surface area contributed by atoms with E-state index in [9.17, 15) is 0 Å². The molecule has 0 saturated heterocycles. The van der Waals surface area contributed by atoms with Gasteiger partial charge in [-0.2, -0.15) is 0 Å². The predicted octanol–water partition coefficient (Wildman–Crippen LogP) is 3.50. The SMILES string of the molecule is CCOc1cc(Br)ccc1-c1ncco1. The quantitative estimate of drug-likeness (QED) is 0.854. The van der Waals surface area contributed by atoms with Crippen LogP contribution in [0, 0.1) is 0 Å². The van der Waals surface area contributed by atoms with Gasteiger partial charge in [-0.15, -0.1) is 0 Å². The Balaban J connectivity index is 2.46. The van der Waals surface area contributed by atoms with Gasteiger partial charge in [-0.05, 0) is 25.1 Å². The van der Waals surface area contributed by atoms with E-state index in [4.69, 9.17) is 9.15 Å². The third-order valence-corrected chi connectivity index (χ3v) is 2.40. The van der Waals surface area contributed by atoms with Crippen LogP contribution in [0.25, 0.3) is 11.5 Å². The molecule has 15 heavy (non-hydrogen) atoms. The summed E-state index contributed by atoms with van der Waals surface area (Å²) in [6.45, 7) is 2.56. The molecular weight excluding hydrogens is 258 g/mol. The first kappa shape index (κ1) is 10.2. The molecule has 0 aliphatic heterocycles. The lowest BCUT2D eigenvalue weighted by atomic mass is 10.2. The number of aromatic nitrogens is 1. The number of rotatable bonds is 3. The molecule has 0 aliphatic rings. The standard InChI is InChI=1S/C11H10BrNO2/c1-2-14-10-7-8(12)3-4-9(10)11-13-5-6-15-11/h3-7H,2H2,1H3. The van der Waals surface area contributed by atoms with E-state index in [1.165, 1.54) is 0 Å². The monoisotopic (exact) mass is 267 g/mol. The first-order valence-electron chi connectivity index (χ1n) is 4.63. The van der Waals surface area contributed by atoms with Gasteiger partial charge in [-0.25, -0.2) is 4.98 Å². The topological polar surface area (TPSA) is 35.3 Å². The molecule has 4 heteroatoms.